The van der Waals surface area contributed by atoms with Crippen LogP contribution in [-0.4, -0.2) is 73.8 Å². The summed E-state index contributed by atoms with van der Waals surface area (Å²) < 4.78 is 55.8. The number of cyclic esters (lactones) is 1. The van der Waals surface area contributed by atoms with Crippen molar-refractivity contribution in [1.29, 1.82) is 0 Å². The van der Waals surface area contributed by atoms with Crippen LogP contribution in [0, 0.1) is 17.5 Å². The van der Waals surface area contributed by atoms with E-state index in [1.54, 1.807) is 0 Å². The van der Waals surface area contributed by atoms with Gasteiger partial charge in [0, 0.05) is 19.1 Å². The lowest BCUT2D eigenvalue weighted by atomic mass is 10.0. The third kappa shape index (κ3) is 3.68. The molecule has 2 aliphatic rings. The Bertz CT molecular complexity index is 841. The number of esters is 1. The Morgan fingerprint density at radius 2 is 1.79 bits per heavy atom. The number of hydrogen-bond donors (Lipinski definition) is 0. The van der Waals surface area contributed by atoms with Gasteiger partial charge in [0.05, 0.1) is 19.8 Å². The highest BCUT2D eigenvalue weighted by molar-refractivity contribution is 5.95. The van der Waals surface area contributed by atoms with Crippen LogP contribution >= 0.6 is 0 Å². The standard InChI is InChI=1S/C18H19F3N2O6/c1-27-15-13(20)10(7-11(19)14(15)21)16(24)22-5-3-9(4-6-22)23-12(17(25)28-2)8-29-18(23)26/h7,9,12H,3-6,8H2,1-2H3. The van der Waals surface area contributed by atoms with Crippen LogP contribution < -0.4 is 4.74 Å². The molecule has 2 saturated heterocycles. The Balaban J connectivity index is 1.73. The number of carbonyl (C=O) groups is 3. The molecule has 2 fully saturated rings. The van der Waals surface area contributed by atoms with Crippen LogP contribution in [0.2, 0.25) is 0 Å². The van der Waals surface area contributed by atoms with Crippen molar-refractivity contribution in [3.05, 3.63) is 29.1 Å². The van der Waals surface area contributed by atoms with Crippen LogP contribution in [0.25, 0.3) is 0 Å². The molecule has 0 spiro atoms. The van der Waals surface area contributed by atoms with E-state index in [9.17, 15) is 27.6 Å². The predicted octanol–water partition coefficient (Wildman–Crippen LogP) is 1.71. The van der Waals surface area contributed by atoms with Crippen molar-refractivity contribution in [2.24, 2.45) is 0 Å². The average molecular weight is 416 g/mol. The van der Waals surface area contributed by atoms with Gasteiger partial charge in [0.2, 0.25) is 5.82 Å². The van der Waals surface area contributed by atoms with Gasteiger partial charge in [-0.15, -0.1) is 0 Å². The van der Waals surface area contributed by atoms with Gasteiger partial charge in [-0.05, 0) is 18.9 Å². The van der Waals surface area contributed by atoms with E-state index in [1.807, 2.05) is 0 Å². The molecule has 0 radical (unpaired) electrons. The number of ether oxygens (including phenoxy) is 3. The summed E-state index contributed by atoms with van der Waals surface area (Å²) in [4.78, 5) is 39.0. The number of carbonyl (C=O) groups excluding carboxylic acids is 3. The van der Waals surface area contributed by atoms with Crippen molar-refractivity contribution in [3.63, 3.8) is 0 Å². The van der Waals surface area contributed by atoms with Gasteiger partial charge in [0.25, 0.3) is 5.91 Å². The number of methoxy groups -OCH3 is 2. The molecule has 0 N–H and O–H groups in total. The quantitative estimate of drug-likeness (QED) is 0.549. The van der Waals surface area contributed by atoms with Gasteiger partial charge in [0.1, 0.15) is 6.61 Å². The molecule has 29 heavy (non-hydrogen) atoms. The molecule has 158 valence electrons. The summed E-state index contributed by atoms with van der Waals surface area (Å²) in [7, 11) is 2.17. The van der Waals surface area contributed by atoms with Gasteiger partial charge in [-0.25, -0.2) is 18.4 Å². The third-order valence-corrected chi connectivity index (χ3v) is 5.08. The average Bonchev–Trinajstić information content (AvgIpc) is 3.11. The van der Waals surface area contributed by atoms with Crippen LogP contribution in [0.3, 0.4) is 0 Å². The summed E-state index contributed by atoms with van der Waals surface area (Å²) >= 11 is 0. The number of nitrogens with zero attached hydrogens (tertiary/aromatic N) is 2. The van der Waals surface area contributed by atoms with Crippen LogP contribution in [0.5, 0.6) is 5.75 Å². The van der Waals surface area contributed by atoms with E-state index in [-0.39, 0.29) is 38.6 Å². The number of piperidine rings is 1. The second-order valence-electron chi connectivity index (χ2n) is 6.61. The van der Waals surface area contributed by atoms with E-state index < -0.39 is 52.8 Å². The minimum absolute atomic E-state index is 0.113. The molecule has 2 aliphatic heterocycles. The molecule has 8 nitrogen and oxygen atoms in total. The van der Waals surface area contributed by atoms with E-state index in [0.717, 1.165) is 7.11 Å². The van der Waals surface area contributed by atoms with Crippen molar-refractivity contribution >= 4 is 18.0 Å². The Hall–Kier alpha value is -2.98. The Morgan fingerprint density at radius 3 is 2.38 bits per heavy atom. The zero-order valence-electron chi connectivity index (χ0n) is 15.7. The van der Waals surface area contributed by atoms with Crippen molar-refractivity contribution in [2.45, 2.75) is 24.9 Å². The molecule has 2 heterocycles. The molecule has 3 rings (SSSR count). The van der Waals surface area contributed by atoms with Gasteiger partial charge in [0.15, 0.2) is 23.4 Å². The molecule has 0 aliphatic carbocycles. The van der Waals surface area contributed by atoms with Gasteiger partial charge < -0.3 is 19.1 Å². The molecule has 1 aromatic rings. The molecule has 0 aromatic heterocycles. The molecule has 0 bridgehead atoms. The van der Waals surface area contributed by atoms with E-state index in [2.05, 4.69) is 9.47 Å². The fourth-order valence-electron chi connectivity index (χ4n) is 3.59. The van der Waals surface area contributed by atoms with E-state index >= 15 is 0 Å². The largest absolute Gasteiger partial charge is 0.491 e. The maximum Gasteiger partial charge on any atom is 0.410 e. The zero-order chi connectivity index (χ0) is 21.3. The summed E-state index contributed by atoms with van der Waals surface area (Å²) in [6.45, 7) is 0.106. The second-order valence-corrected chi connectivity index (χ2v) is 6.61. The summed E-state index contributed by atoms with van der Waals surface area (Å²) in [6, 6.07) is -0.762. The molecular formula is C18H19F3N2O6. The number of halogens is 3. The normalized spacial score (nSPS) is 19.9. The first-order chi connectivity index (χ1) is 13.8. The molecule has 0 saturated carbocycles. The maximum absolute atomic E-state index is 14.4. The third-order valence-electron chi connectivity index (χ3n) is 5.08. The van der Waals surface area contributed by atoms with Crippen molar-refractivity contribution < 1.29 is 41.8 Å². The highest BCUT2D eigenvalue weighted by Crippen LogP contribution is 2.29. The SMILES string of the molecule is COC(=O)C1COC(=O)N1C1CCN(C(=O)c2cc(F)c(F)c(OC)c2F)CC1. The van der Waals surface area contributed by atoms with Gasteiger partial charge >= 0.3 is 12.1 Å². The maximum atomic E-state index is 14.4. The highest BCUT2D eigenvalue weighted by Gasteiger charge is 2.44. The van der Waals surface area contributed by atoms with Gasteiger partial charge in [-0.2, -0.15) is 4.39 Å². The lowest BCUT2D eigenvalue weighted by Gasteiger charge is -2.37. The lowest BCUT2D eigenvalue weighted by Crippen LogP contribution is -2.52. The minimum Gasteiger partial charge on any atom is -0.491 e. The monoisotopic (exact) mass is 416 g/mol. The Labute approximate surface area is 164 Å². The fraction of sp³-hybridized carbons (Fsp3) is 0.500. The predicted molar refractivity (Wildman–Crippen MR) is 90.8 cm³/mol. The van der Waals surface area contributed by atoms with Crippen LogP contribution in [-0.2, 0) is 14.3 Å². The van der Waals surface area contributed by atoms with Crippen molar-refractivity contribution in [3.8, 4) is 5.75 Å². The van der Waals surface area contributed by atoms with E-state index in [4.69, 9.17) is 4.74 Å². The smallest absolute Gasteiger partial charge is 0.410 e. The summed E-state index contributed by atoms with van der Waals surface area (Å²) in [6.07, 6.45) is -0.0744. The number of rotatable bonds is 4. The van der Waals surface area contributed by atoms with Crippen LogP contribution in [0.4, 0.5) is 18.0 Å². The summed E-state index contributed by atoms with van der Waals surface area (Å²) in [5, 5.41) is 0. The van der Waals surface area contributed by atoms with Crippen molar-refractivity contribution in [2.75, 3.05) is 33.9 Å². The summed E-state index contributed by atoms with van der Waals surface area (Å²) in [5.74, 6) is -6.60. The van der Waals surface area contributed by atoms with Gasteiger partial charge in [-0.3, -0.25) is 9.69 Å². The van der Waals surface area contributed by atoms with Crippen molar-refractivity contribution in [1.82, 2.24) is 9.80 Å². The molecule has 1 aromatic carbocycles. The zero-order valence-corrected chi connectivity index (χ0v) is 15.7. The second kappa shape index (κ2) is 8.18. The van der Waals surface area contributed by atoms with Crippen LogP contribution in [0.15, 0.2) is 6.07 Å². The lowest BCUT2D eigenvalue weighted by molar-refractivity contribution is -0.145. The fourth-order valence-corrected chi connectivity index (χ4v) is 3.59. The van der Waals surface area contributed by atoms with Crippen LogP contribution in [0.1, 0.15) is 23.2 Å². The number of benzene rings is 1. The van der Waals surface area contributed by atoms with E-state index in [1.165, 1.54) is 16.9 Å². The molecule has 11 heteroatoms. The first kappa shape index (κ1) is 20.7. The van der Waals surface area contributed by atoms with Gasteiger partial charge in [-0.1, -0.05) is 0 Å². The Kier molecular flexibility index (Phi) is 5.85. The first-order valence-electron chi connectivity index (χ1n) is 8.83. The molecule has 2 amide bonds. The number of likely N-dealkylation sites (tertiary alicyclic amines) is 1. The minimum atomic E-state index is -1.51. The number of hydrogen-bond acceptors (Lipinski definition) is 6. The summed E-state index contributed by atoms with van der Waals surface area (Å²) in [5.41, 5.74) is -0.646. The molecular weight excluding hydrogens is 397 g/mol. The molecule has 1 atom stereocenters. The molecule has 1 unspecified atom stereocenters. The topological polar surface area (TPSA) is 85.4 Å². The number of amides is 2. The Morgan fingerprint density at radius 1 is 1.14 bits per heavy atom. The van der Waals surface area contributed by atoms with E-state index in [0.29, 0.717) is 6.07 Å². The highest BCUT2D eigenvalue weighted by atomic mass is 19.2. The first-order valence-corrected chi connectivity index (χ1v) is 8.83.